The van der Waals surface area contributed by atoms with Crippen molar-refractivity contribution in [2.75, 3.05) is 26.2 Å². The van der Waals surface area contributed by atoms with Crippen LogP contribution in [0.3, 0.4) is 0 Å². The highest BCUT2D eigenvalue weighted by molar-refractivity contribution is 5.06. The normalized spacial score (nSPS) is 27.5. The Bertz CT molecular complexity index is 445. The molecule has 5 heteroatoms. The van der Waals surface area contributed by atoms with Crippen molar-refractivity contribution in [3.05, 3.63) is 11.6 Å². The average Bonchev–Trinajstić information content (AvgIpc) is 2.90. The second-order valence-electron chi connectivity index (χ2n) is 6.25. The minimum atomic E-state index is 0.198. The van der Waals surface area contributed by atoms with Gasteiger partial charge in [-0.15, -0.1) is 10.2 Å². The number of hydrogen-bond acceptors (Lipinski definition) is 4. The van der Waals surface area contributed by atoms with Crippen LogP contribution in [-0.2, 0) is 13.0 Å². The van der Waals surface area contributed by atoms with E-state index in [2.05, 4.69) is 26.6 Å². The van der Waals surface area contributed by atoms with Crippen molar-refractivity contribution in [3.8, 4) is 0 Å². The molecule has 1 saturated heterocycles. The number of nitrogens with zero attached hydrogens (tertiary/aromatic N) is 4. The van der Waals surface area contributed by atoms with Crippen LogP contribution in [0.1, 0.15) is 50.2 Å². The third-order valence-corrected chi connectivity index (χ3v) is 4.90. The number of likely N-dealkylation sites (tertiary alicyclic amines) is 1. The average molecular weight is 278 g/mol. The summed E-state index contributed by atoms with van der Waals surface area (Å²) in [7, 11) is 0. The Kier molecular flexibility index (Phi) is 4.36. The quantitative estimate of drug-likeness (QED) is 0.905. The molecule has 20 heavy (non-hydrogen) atoms. The Labute approximate surface area is 121 Å². The fraction of sp³-hybridized carbons (Fsp3) is 0.867. The van der Waals surface area contributed by atoms with E-state index in [1.165, 1.54) is 25.9 Å². The van der Waals surface area contributed by atoms with E-state index in [0.29, 0.717) is 5.92 Å². The van der Waals surface area contributed by atoms with Crippen molar-refractivity contribution in [3.63, 3.8) is 0 Å². The molecule has 1 fully saturated rings. The van der Waals surface area contributed by atoms with Gasteiger partial charge in [0.15, 0.2) is 0 Å². The number of aliphatic hydroxyl groups excluding tert-OH is 1. The maximum Gasteiger partial charge on any atom is 0.138 e. The molecule has 0 saturated carbocycles. The first-order chi connectivity index (χ1) is 9.81. The monoisotopic (exact) mass is 278 g/mol. The Hall–Kier alpha value is -0.940. The first kappa shape index (κ1) is 14.0. The Morgan fingerprint density at radius 3 is 2.85 bits per heavy atom. The van der Waals surface area contributed by atoms with Gasteiger partial charge < -0.3 is 14.6 Å². The fourth-order valence-electron chi connectivity index (χ4n) is 3.71. The number of hydrogen-bond donors (Lipinski definition) is 1. The lowest BCUT2D eigenvalue weighted by molar-refractivity contribution is 0.179. The van der Waals surface area contributed by atoms with Crippen LogP contribution in [0.2, 0.25) is 0 Å². The van der Waals surface area contributed by atoms with Gasteiger partial charge in [0.2, 0.25) is 0 Å². The number of rotatable bonds is 4. The lowest BCUT2D eigenvalue weighted by Gasteiger charge is -2.32. The van der Waals surface area contributed by atoms with Crippen molar-refractivity contribution in [2.45, 2.75) is 51.5 Å². The molecule has 0 spiro atoms. The lowest BCUT2D eigenvalue weighted by atomic mass is 9.94. The third kappa shape index (κ3) is 2.74. The van der Waals surface area contributed by atoms with Gasteiger partial charge in [0.05, 0.1) is 6.61 Å². The first-order valence-electron chi connectivity index (χ1n) is 8.07. The Morgan fingerprint density at radius 1 is 1.20 bits per heavy atom. The van der Waals surface area contributed by atoms with Crippen molar-refractivity contribution >= 4 is 0 Å². The van der Waals surface area contributed by atoms with E-state index in [9.17, 15) is 5.11 Å². The summed E-state index contributed by atoms with van der Waals surface area (Å²) in [6.07, 6.45) is 5.83. The minimum Gasteiger partial charge on any atom is -0.396 e. The van der Waals surface area contributed by atoms with Crippen LogP contribution >= 0.6 is 0 Å². The number of fused-ring (bicyclic) bond motifs is 1. The SMILES string of the molecule is CCN1CCCC(Cc2nnc3n2CCCC3CO)C1. The Balaban J connectivity index is 1.70. The molecule has 2 unspecified atom stereocenters. The van der Waals surface area contributed by atoms with Gasteiger partial charge in [0.1, 0.15) is 11.6 Å². The van der Waals surface area contributed by atoms with E-state index in [0.717, 1.165) is 44.0 Å². The summed E-state index contributed by atoms with van der Waals surface area (Å²) in [4.78, 5) is 2.54. The zero-order valence-electron chi connectivity index (χ0n) is 12.5. The Morgan fingerprint density at radius 2 is 2.05 bits per heavy atom. The molecule has 2 aliphatic rings. The van der Waals surface area contributed by atoms with Crippen LogP contribution in [-0.4, -0.2) is 51.0 Å². The van der Waals surface area contributed by atoms with Gasteiger partial charge in [0, 0.05) is 25.4 Å². The van der Waals surface area contributed by atoms with E-state index in [1.54, 1.807) is 0 Å². The first-order valence-corrected chi connectivity index (χ1v) is 8.07. The summed E-state index contributed by atoms with van der Waals surface area (Å²) in [5, 5.41) is 18.2. The lowest BCUT2D eigenvalue weighted by Crippen LogP contribution is -2.36. The van der Waals surface area contributed by atoms with Gasteiger partial charge in [-0.2, -0.15) is 0 Å². The molecule has 0 bridgehead atoms. The molecule has 2 aliphatic heterocycles. The molecule has 0 aromatic carbocycles. The zero-order valence-corrected chi connectivity index (χ0v) is 12.5. The summed E-state index contributed by atoms with van der Waals surface area (Å²) in [6, 6.07) is 0. The molecule has 1 aromatic heterocycles. The van der Waals surface area contributed by atoms with Gasteiger partial charge in [-0.25, -0.2) is 0 Å². The summed E-state index contributed by atoms with van der Waals surface area (Å²) >= 11 is 0. The summed E-state index contributed by atoms with van der Waals surface area (Å²) < 4.78 is 2.27. The molecule has 1 N–H and O–H groups in total. The molecule has 0 aliphatic carbocycles. The van der Waals surface area contributed by atoms with Crippen LogP contribution in [0.15, 0.2) is 0 Å². The molecule has 3 heterocycles. The molecule has 1 aromatic rings. The second kappa shape index (κ2) is 6.22. The van der Waals surface area contributed by atoms with Gasteiger partial charge in [0.25, 0.3) is 0 Å². The van der Waals surface area contributed by atoms with Gasteiger partial charge in [-0.05, 0) is 44.7 Å². The van der Waals surface area contributed by atoms with Gasteiger partial charge in [-0.3, -0.25) is 0 Å². The topological polar surface area (TPSA) is 54.2 Å². The van der Waals surface area contributed by atoms with E-state index in [-0.39, 0.29) is 12.5 Å². The van der Waals surface area contributed by atoms with Crippen LogP contribution in [0.25, 0.3) is 0 Å². The highest BCUT2D eigenvalue weighted by atomic mass is 16.3. The van der Waals surface area contributed by atoms with Crippen molar-refractivity contribution < 1.29 is 5.11 Å². The number of piperidine rings is 1. The number of aromatic nitrogens is 3. The fourth-order valence-corrected chi connectivity index (χ4v) is 3.71. The van der Waals surface area contributed by atoms with E-state index >= 15 is 0 Å². The standard InChI is InChI=1S/C15H26N4O/c1-2-18-7-3-5-12(10-18)9-14-16-17-15-13(11-20)6-4-8-19(14)15/h12-13,20H,2-11H2,1H3. The van der Waals surface area contributed by atoms with Crippen LogP contribution in [0.4, 0.5) is 0 Å². The molecule has 0 amide bonds. The molecular weight excluding hydrogens is 252 g/mol. The van der Waals surface area contributed by atoms with Crippen molar-refractivity contribution in [1.29, 1.82) is 0 Å². The third-order valence-electron chi connectivity index (χ3n) is 4.90. The molecule has 2 atom stereocenters. The molecule has 112 valence electrons. The molecular formula is C15H26N4O. The van der Waals surface area contributed by atoms with Crippen molar-refractivity contribution in [1.82, 2.24) is 19.7 Å². The van der Waals surface area contributed by atoms with Gasteiger partial charge in [-0.1, -0.05) is 6.92 Å². The van der Waals surface area contributed by atoms with Crippen LogP contribution in [0.5, 0.6) is 0 Å². The van der Waals surface area contributed by atoms with E-state index in [1.807, 2.05) is 0 Å². The smallest absolute Gasteiger partial charge is 0.138 e. The van der Waals surface area contributed by atoms with E-state index < -0.39 is 0 Å². The maximum atomic E-state index is 9.45. The summed E-state index contributed by atoms with van der Waals surface area (Å²) in [6.45, 7) is 7.07. The van der Waals surface area contributed by atoms with Crippen LogP contribution in [0, 0.1) is 5.92 Å². The van der Waals surface area contributed by atoms with Crippen molar-refractivity contribution in [2.24, 2.45) is 5.92 Å². The van der Waals surface area contributed by atoms with Crippen LogP contribution < -0.4 is 0 Å². The zero-order chi connectivity index (χ0) is 13.9. The molecule has 5 nitrogen and oxygen atoms in total. The highest BCUT2D eigenvalue weighted by Crippen LogP contribution is 2.28. The summed E-state index contributed by atoms with van der Waals surface area (Å²) in [5.74, 6) is 3.06. The maximum absolute atomic E-state index is 9.45. The van der Waals surface area contributed by atoms with E-state index in [4.69, 9.17) is 0 Å². The predicted octanol–water partition coefficient (Wildman–Crippen LogP) is 1.42. The second-order valence-corrected chi connectivity index (χ2v) is 6.25. The van der Waals surface area contributed by atoms with Gasteiger partial charge >= 0.3 is 0 Å². The minimum absolute atomic E-state index is 0.198. The highest BCUT2D eigenvalue weighted by Gasteiger charge is 2.27. The molecule has 3 rings (SSSR count). The largest absolute Gasteiger partial charge is 0.396 e. The summed E-state index contributed by atoms with van der Waals surface area (Å²) in [5.41, 5.74) is 0. The molecule has 0 radical (unpaired) electrons. The number of aliphatic hydroxyl groups is 1. The predicted molar refractivity (Wildman–Crippen MR) is 77.6 cm³/mol.